The van der Waals surface area contributed by atoms with Crippen LogP contribution in [0.1, 0.15) is 16.2 Å². The van der Waals surface area contributed by atoms with Crippen LogP contribution >= 0.6 is 22.9 Å². The summed E-state index contributed by atoms with van der Waals surface area (Å²) in [5.41, 5.74) is 0.983. The fourth-order valence-electron chi connectivity index (χ4n) is 2.59. The molecular weight excluding hydrogens is 404 g/mol. The molecule has 0 spiro atoms. The SMILES string of the molecule is Cc1nnc2sc(-c3ccccc3NC(=O)c3cc([N+](=O)[O-])ccc3Cl)nn12. The number of benzene rings is 2. The van der Waals surface area contributed by atoms with E-state index in [1.165, 1.54) is 23.5 Å². The number of fused-ring (bicyclic) bond motifs is 1. The van der Waals surface area contributed by atoms with Crippen LogP contribution in [0.25, 0.3) is 15.5 Å². The van der Waals surface area contributed by atoms with Gasteiger partial charge in [-0.15, -0.1) is 10.2 Å². The first-order valence-electron chi connectivity index (χ1n) is 7.97. The number of halogens is 1. The number of nitro benzene ring substituents is 1. The molecule has 4 aromatic rings. The molecule has 2 aromatic carbocycles. The van der Waals surface area contributed by atoms with Crippen molar-refractivity contribution in [3.8, 4) is 10.6 Å². The second-order valence-electron chi connectivity index (χ2n) is 5.77. The minimum absolute atomic E-state index is 0.0136. The lowest BCUT2D eigenvalue weighted by Gasteiger charge is -2.10. The van der Waals surface area contributed by atoms with Gasteiger partial charge in [-0.25, -0.2) is 0 Å². The fraction of sp³-hybridized carbons (Fsp3) is 0.0588. The molecule has 0 bridgehead atoms. The third-order valence-corrected chi connectivity index (χ3v) is 5.22. The Bertz CT molecular complexity index is 1230. The molecule has 1 amide bonds. The van der Waals surface area contributed by atoms with Gasteiger partial charge in [0.15, 0.2) is 5.82 Å². The number of hydrogen-bond acceptors (Lipinski definition) is 7. The molecule has 0 aliphatic rings. The van der Waals surface area contributed by atoms with Crippen LogP contribution in [0.2, 0.25) is 5.02 Å². The van der Waals surface area contributed by atoms with Crippen LogP contribution in [0.3, 0.4) is 0 Å². The molecule has 0 aliphatic heterocycles. The first-order valence-corrected chi connectivity index (χ1v) is 9.17. The highest BCUT2D eigenvalue weighted by molar-refractivity contribution is 7.19. The van der Waals surface area contributed by atoms with Crippen LogP contribution in [-0.2, 0) is 0 Å². The van der Waals surface area contributed by atoms with Crippen LogP contribution in [-0.4, -0.2) is 30.6 Å². The number of para-hydroxylation sites is 1. The lowest BCUT2D eigenvalue weighted by atomic mass is 10.1. The Morgan fingerprint density at radius 3 is 2.79 bits per heavy atom. The first kappa shape index (κ1) is 18.0. The summed E-state index contributed by atoms with van der Waals surface area (Å²) >= 11 is 7.39. The number of aryl methyl sites for hydroxylation is 1. The van der Waals surface area contributed by atoms with E-state index in [4.69, 9.17) is 11.6 Å². The number of carbonyl (C=O) groups excluding carboxylic acids is 1. The molecule has 0 fully saturated rings. The van der Waals surface area contributed by atoms with Gasteiger partial charge in [-0.05, 0) is 25.1 Å². The van der Waals surface area contributed by atoms with Gasteiger partial charge in [0.25, 0.3) is 11.6 Å². The number of carbonyl (C=O) groups is 1. The van der Waals surface area contributed by atoms with E-state index in [2.05, 4.69) is 20.6 Å². The second kappa shape index (κ2) is 6.98. The van der Waals surface area contributed by atoms with E-state index in [0.29, 0.717) is 27.0 Å². The van der Waals surface area contributed by atoms with Crippen molar-refractivity contribution in [2.45, 2.75) is 6.92 Å². The maximum Gasteiger partial charge on any atom is 0.270 e. The molecule has 28 heavy (non-hydrogen) atoms. The standard InChI is InChI=1S/C17H11ClN6O3S/c1-9-20-21-17-23(9)22-16(28-17)11-4-2-3-5-14(11)19-15(25)12-8-10(24(26)27)6-7-13(12)18/h2-8H,1H3,(H,19,25). The monoisotopic (exact) mass is 414 g/mol. The highest BCUT2D eigenvalue weighted by atomic mass is 35.5. The smallest absolute Gasteiger partial charge is 0.270 e. The molecule has 140 valence electrons. The third-order valence-electron chi connectivity index (χ3n) is 3.96. The number of amides is 1. The third kappa shape index (κ3) is 3.19. The molecule has 1 N–H and O–H groups in total. The van der Waals surface area contributed by atoms with Crippen LogP contribution in [0.15, 0.2) is 42.5 Å². The van der Waals surface area contributed by atoms with Gasteiger partial charge in [0, 0.05) is 17.7 Å². The Hall–Kier alpha value is -3.37. The van der Waals surface area contributed by atoms with Crippen LogP contribution in [0.5, 0.6) is 0 Å². The van der Waals surface area contributed by atoms with Crippen molar-refractivity contribution in [1.82, 2.24) is 19.8 Å². The van der Waals surface area contributed by atoms with E-state index < -0.39 is 10.8 Å². The number of nitrogens with zero attached hydrogens (tertiary/aromatic N) is 5. The summed E-state index contributed by atoms with van der Waals surface area (Å²) in [6.45, 7) is 1.79. The van der Waals surface area contributed by atoms with E-state index >= 15 is 0 Å². The molecule has 0 unspecified atom stereocenters. The summed E-state index contributed by atoms with van der Waals surface area (Å²) in [5, 5.41) is 27.0. The van der Waals surface area contributed by atoms with E-state index in [1.54, 1.807) is 23.6 Å². The average Bonchev–Trinajstić information content (AvgIpc) is 3.24. The second-order valence-corrected chi connectivity index (χ2v) is 7.13. The maximum absolute atomic E-state index is 12.7. The van der Waals surface area contributed by atoms with Crippen molar-refractivity contribution in [1.29, 1.82) is 0 Å². The molecule has 0 saturated heterocycles. The molecule has 9 nitrogen and oxygen atoms in total. The Morgan fingerprint density at radius 1 is 1.25 bits per heavy atom. The quantitative estimate of drug-likeness (QED) is 0.399. The minimum Gasteiger partial charge on any atom is -0.321 e. The maximum atomic E-state index is 12.7. The van der Waals surface area contributed by atoms with E-state index in [1.807, 2.05) is 12.1 Å². The number of aromatic nitrogens is 4. The van der Waals surface area contributed by atoms with Crippen LogP contribution < -0.4 is 5.32 Å². The molecule has 0 atom stereocenters. The molecular formula is C17H11ClN6O3S. The van der Waals surface area contributed by atoms with E-state index in [9.17, 15) is 14.9 Å². The van der Waals surface area contributed by atoms with E-state index in [-0.39, 0.29) is 16.3 Å². The highest BCUT2D eigenvalue weighted by Gasteiger charge is 2.19. The molecule has 0 radical (unpaired) electrons. The number of nitro groups is 1. The minimum atomic E-state index is -0.581. The fourth-order valence-corrected chi connectivity index (χ4v) is 3.72. The van der Waals surface area contributed by atoms with Crippen molar-refractivity contribution in [3.63, 3.8) is 0 Å². The van der Waals surface area contributed by atoms with Gasteiger partial charge in [0.05, 0.1) is 21.2 Å². The van der Waals surface area contributed by atoms with Crippen molar-refractivity contribution < 1.29 is 9.72 Å². The van der Waals surface area contributed by atoms with Crippen molar-refractivity contribution >= 4 is 45.2 Å². The van der Waals surface area contributed by atoms with Gasteiger partial charge in [-0.2, -0.15) is 9.61 Å². The summed E-state index contributed by atoms with van der Waals surface area (Å²) in [4.78, 5) is 23.7. The van der Waals surface area contributed by atoms with Crippen LogP contribution in [0, 0.1) is 17.0 Å². The lowest BCUT2D eigenvalue weighted by Crippen LogP contribution is -2.13. The van der Waals surface area contributed by atoms with Gasteiger partial charge < -0.3 is 5.32 Å². The molecule has 11 heteroatoms. The number of anilines is 1. The predicted molar refractivity (Wildman–Crippen MR) is 105 cm³/mol. The van der Waals surface area contributed by atoms with Crippen LogP contribution in [0.4, 0.5) is 11.4 Å². The summed E-state index contributed by atoms with van der Waals surface area (Å²) in [7, 11) is 0. The van der Waals surface area contributed by atoms with Gasteiger partial charge in [0.1, 0.15) is 5.01 Å². The Morgan fingerprint density at radius 2 is 2.04 bits per heavy atom. The molecule has 4 rings (SSSR count). The number of nitrogens with one attached hydrogen (secondary N) is 1. The molecule has 2 heterocycles. The Kier molecular flexibility index (Phi) is 4.49. The van der Waals surface area contributed by atoms with Gasteiger partial charge in [-0.1, -0.05) is 35.1 Å². The summed E-state index contributed by atoms with van der Waals surface area (Å²) in [5.74, 6) is 0.0997. The lowest BCUT2D eigenvalue weighted by molar-refractivity contribution is -0.384. The zero-order chi connectivity index (χ0) is 19.8. The topological polar surface area (TPSA) is 115 Å². The molecule has 0 saturated carbocycles. The van der Waals surface area contributed by atoms with Gasteiger partial charge in [-0.3, -0.25) is 14.9 Å². The normalized spacial score (nSPS) is 10.9. The van der Waals surface area contributed by atoms with Crippen molar-refractivity contribution in [2.75, 3.05) is 5.32 Å². The summed E-state index contributed by atoms with van der Waals surface area (Å²) in [6, 6.07) is 10.8. The molecule has 0 aliphatic carbocycles. The van der Waals surface area contributed by atoms with Crippen molar-refractivity contribution in [2.24, 2.45) is 0 Å². The highest BCUT2D eigenvalue weighted by Crippen LogP contribution is 2.32. The largest absolute Gasteiger partial charge is 0.321 e. The van der Waals surface area contributed by atoms with E-state index in [0.717, 1.165) is 6.07 Å². The van der Waals surface area contributed by atoms with Gasteiger partial charge in [0.2, 0.25) is 4.96 Å². The Balaban J connectivity index is 1.70. The summed E-state index contributed by atoms with van der Waals surface area (Å²) < 4.78 is 1.62. The first-order chi connectivity index (χ1) is 13.4. The average molecular weight is 415 g/mol. The number of hydrogen-bond donors (Lipinski definition) is 1. The zero-order valence-electron chi connectivity index (χ0n) is 14.3. The zero-order valence-corrected chi connectivity index (χ0v) is 15.9. The molecule has 2 aromatic heterocycles. The summed E-state index contributed by atoms with van der Waals surface area (Å²) in [6.07, 6.45) is 0. The number of non-ortho nitro benzene ring substituents is 1. The predicted octanol–water partition coefficient (Wildman–Crippen LogP) is 3.98. The van der Waals surface area contributed by atoms with Crippen molar-refractivity contribution in [3.05, 3.63) is 69.0 Å². The number of rotatable bonds is 4. The Labute approximate surface area is 166 Å². The van der Waals surface area contributed by atoms with Gasteiger partial charge >= 0.3 is 0 Å².